The molecule has 3 aromatic heterocycles. The van der Waals surface area contributed by atoms with Crippen LogP contribution in [-0.4, -0.2) is 53.2 Å². The number of aryl methyl sites for hydroxylation is 2. The quantitative estimate of drug-likeness (QED) is 0.155. The molecule has 0 radical (unpaired) electrons. The van der Waals surface area contributed by atoms with Gasteiger partial charge in [-0.15, -0.1) is 21.5 Å². The normalized spacial score (nSPS) is 16.2. The van der Waals surface area contributed by atoms with Crippen molar-refractivity contribution in [2.45, 2.75) is 71.4 Å². The molecule has 13 heteroatoms. The predicted molar refractivity (Wildman–Crippen MR) is 188 cm³/mol. The zero-order chi connectivity index (χ0) is 35.8. The van der Waals surface area contributed by atoms with E-state index < -0.39 is 23.7 Å². The van der Waals surface area contributed by atoms with Crippen LogP contribution in [0.25, 0.3) is 5.00 Å². The van der Waals surface area contributed by atoms with Gasteiger partial charge in [0.05, 0.1) is 28.8 Å². The number of ether oxygens (including phenoxy) is 1. The third-order valence-corrected chi connectivity index (χ3v) is 10.6. The fourth-order valence-electron chi connectivity index (χ4n) is 6.83. The number of halogens is 1. The summed E-state index contributed by atoms with van der Waals surface area (Å²) in [6.45, 7) is 3.51. The summed E-state index contributed by atoms with van der Waals surface area (Å²) in [6, 6.07) is 12.3. The van der Waals surface area contributed by atoms with Gasteiger partial charge in [-0.3, -0.25) is 28.9 Å². The molecule has 8 rings (SSSR count). The van der Waals surface area contributed by atoms with Crippen LogP contribution in [0, 0.1) is 36.4 Å². The molecule has 3 aliphatic heterocycles. The molecular weight excluding hydrogens is 682 g/mol. The van der Waals surface area contributed by atoms with Crippen molar-refractivity contribution < 1.29 is 23.5 Å². The number of amides is 3. The van der Waals surface area contributed by atoms with Crippen LogP contribution in [0.2, 0.25) is 0 Å². The van der Waals surface area contributed by atoms with Crippen LogP contribution in [0.1, 0.15) is 85.9 Å². The monoisotopic (exact) mass is 713 g/mol. The van der Waals surface area contributed by atoms with Crippen molar-refractivity contribution in [2.75, 3.05) is 0 Å². The van der Waals surface area contributed by atoms with Gasteiger partial charge in [-0.25, -0.2) is 4.39 Å². The van der Waals surface area contributed by atoms with Gasteiger partial charge >= 0.3 is 0 Å². The smallest absolute Gasteiger partial charge is 0.258 e. The summed E-state index contributed by atoms with van der Waals surface area (Å²) in [7, 11) is 0. The number of fused-ring (bicyclic) bond motifs is 4. The van der Waals surface area contributed by atoms with Crippen LogP contribution in [0.3, 0.4) is 0 Å². The zero-order valence-electron chi connectivity index (χ0n) is 28.2. The Morgan fingerprint density at radius 3 is 2.75 bits per heavy atom. The Bertz CT molecular complexity index is 2370. The maximum atomic E-state index is 14.8. The Labute approximate surface area is 302 Å². The molecule has 3 aliphatic rings. The van der Waals surface area contributed by atoms with Crippen molar-refractivity contribution in [3.8, 4) is 28.7 Å². The third-order valence-electron chi connectivity index (χ3n) is 9.41. The molecular formula is C39H32FN7O4S. The number of hydrogen-bond acceptors (Lipinski definition) is 8. The minimum atomic E-state index is -0.819. The van der Waals surface area contributed by atoms with E-state index in [0.717, 1.165) is 44.6 Å². The van der Waals surface area contributed by atoms with Crippen LogP contribution in [0.15, 0.2) is 54.9 Å². The summed E-state index contributed by atoms with van der Waals surface area (Å²) < 4.78 is 24.7. The molecule has 1 fully saturated rings. The van der Waals surface area contributed by atoms with E-state index in [1.165, 1.54) is 16.5 Å². The highest BCUT2D eigenvalue weighted by atomic mass is 32.1. The van der Waals surface area contributed by atoms with Gasteiger partial charge in [0.15, 0.2) is 5.82 Å². The molecule has 1 unspecified atom stereocenters. The molecule has 0 bridgehead atoms. The average Bonchev–Trinajstić information content (AvgIpc) is 3.88. The maximum absolute atomic E-state index is 14.8. The number of rotatable bonds is 6. The molecule has 0 spiro atoms. The van der Waals surface area contributed by atoms with Gasteiger partial charge < -0.3 is 9.64 Å². The summed E-state index contributed by atoms with van der Waals surface area (Å²) in [5.74, 6) is 12.5. The SMILES string of the molecule is Cc1nnc2n1-c1sc(C#Cc3cnn(CCCC#Cc4ccc(F)c5c4CN(C4CCC(=O)NC4=O)C5=O)c3)c(Cc3ccccc3)c1COC2. The molecule has 6 heterocycles. The van der Waals surface area contributed by atoms with E-state index in [1.807, 2.05) is 36.0 Å². The number of piperidine rings is 1. The van der Waals surface area contributed by atoms with Crippen LogP contribution < -0.4 is 5.32 Å². The first kappa shape index (κ1) is 33.3. The first-order valence-corrected chi connectivity index (χ1v) is 17.8. The number of aromatic nitrogens is 5. The number of hydrogen-bond donors (Lipinski definition) is 1. The lowest BCUT2D eigenvalue weighted by Gasteiger charge is -2.29. The molecule has 0 saturated carbocycles. The Balaban J connectivity index is 0.948. The van der Waals surface area contributed by atoms with E-state index >= 15 is 0 Å². The lowest BCUT2D eigenvalue weighted by Crippen LogP contribution is -2.52. The molecule has 0 aliphatic carbocycles. The number of nitrogens with zero attached hydrogens (tertiary/aromatic N) is 6. The fraction of sp³-hybridized carbons (Fsp3) is 0.282. The number of carbonyl (C=O) groups is 3. The van der Waals surface area contributed by atoms with E-state index in [1.54, 1.807) is 23.6 Å². The van der Waals surface area contributed by atoms with Gasteiger partial charge in [0.25, 0.3) is 5.91 Å². The van der Waals surface area contributed by atoms with Gasteiger partial charge in [-0.05, 0) is 49.4 Å². The van der Waals surface area contributed by atoms with E-state index in [-0.39, 0.29) is 30.9 Å². The highest BCUT2D eigenvalue weighted by molar-refractivity contribution is 7.15. The molecule has 260 valence electrons. The van der Waals surface area contributed by atoms with Gasteiger partial charge in [-0.1, -0.05) is 54.0 Å². The summed E-state index contributed by atoms with van der Waals surface area (Å²) in [5.41, 5.74) is 5.21. The highest BCUT2D eigenvalue weighted by Gasteiger charge is 2.41. The number of imide groups is 1. The number of carbonyl (C=O) groups excluding carboxylic acids is 3. The van der Waals surface area contributed by atoms with E-state index in [2.05, 4.69) is 61.0 Å². The first-order valence-electron chi connectivity index (χ1n) is 17.0. The van der Waals surface area contributed by atoms with Crippen LogP contribution >= 0.6 is 11.3 Å². The standard InChI is InChI=1S/C39H32FN7O4S/c1-24-43-44-34-23-51-22-30-28(18-25-8-4-2-5-9-25)33(52-39(30)47(24)34)15-11-26-19-41-45(20-26)17-7-3-6-10-27-12-13-31(40)36-29(27)21-46(38(36)50)32-14-16-35(48)42-37(32)49/h2,4-5,8-9,12-13,19-20,32H,3,7,14,16-18,21-23H2,1H3,(H,42,48,49). The summed E-state index contributed by atoms with van der Waals surface area (Å²) in [6.07, 6.45) is 6.00. The third kappa shape index (κ3) is 6.41. The van der Waals surface area contributed by atoms with Gasteiger partial charge in [0.2, 0.25) is 11.8 Å². The molecule has 52 heavy (non-hydrogen) atoms. The predicted octanol–water partition coefficient (Wildman–Crippen LogP) is 4.59. The van der Waals surface area contributed by atoms with E-state index in [0.29, 0.717) is 43.7 Å². The molecule has 1 N–H and O–H groups in total. The summed E-state index contributed by atoms with van der Waals surface area (Å²) in [4.78, 5) is 39.4. The average molecular weight is 714 g/mol. The second kappa shape index (κ2) is 14.0. The Hall–Kier alpha value is -5.89. The molecule has 5 aromatic rings. The number of thiophene rings is 1. The second-order valence-corrected chi connectivity index (χ2v) is 13.8. The minimum absolute atomic E-state index is 0.0565. The van der Waals surface area contributed by atoms with E-state index in [9.17, 15) is 18.8 Å². The second-order valence-electron chi connectivity index (χ2n) is 12.8. The Kier molecular flexibility index (Phi) is 8.97. The van der Waals surface area contributed by atoms with Crippen LogP contribution in [0.4, 0.5) is 4.39 Å². The van der Waals surface area contributed by atoms with Gasteiger partial charge in [-0.2, -0.15) is 5.10 Å². The summed E-state index contributed by atoms with van der Waals surface area (Å²) >= 11 is 1.63. The number of unbranched alkanes of at least 4 members (excludes halogenated alkanes) is 1. The van der Waals surface area contributed by atoms with Crippen molar-refractivity contribution >= 4 is 29.1 Å². The number of nitrogens with one attached hydrogen (secondary N) is 1. The van der Waals surface area contributed by atoms with Crippen LogP contribution in [-0.2, 0) is 47.1 Å². The largest absolute Gasteiger partial charge is 0.369 e. The fourth-order valence-corrected chi connectivity index (χ4v) is 8.08. The molecule has 1 atom stereocenters. The topological polar surface area (TPSA) is 124 Å². The Morgan fingerprint density at radius 1 is 1.04 bits per heavy atom. The lowest BCUT2D eigenvalue weighted by atomic mass is 10.0. The van der Waals surface area contributed by atoms with Crippen molar-refractivity contribution in [2.24, 2.45) is 0 Å². The van der Waals surface area contributed by atoms with Crippen molar-refractivity contribution in [3.05, 3.63) is 116 Å². The molecule has 11 nitrogen and oxygen atoms in total. The molecule has 2 aromatic carbocycles. The highest BCUT2D eigenvalue weighted by Crippen LogP contribution is 2.37. The maximum Gasteiger partial charge on any atom is 0.258 e. The van der Waals surface area contributed by atoms with Crippen LogP contribution in [0.5, 0.6) is 0 Å². The Morgan fingerprint density at radius 2 is 1.90 bits per heavy atom. The van der Waals surface area contributed by atoms with Crippen molar-refractivity contribution in [1.82, 2.24) is 34.8 Å². The van der Waals surface area contributed by atoms with Gasteiger partial charge in [0.1, 0.15) is 29.3 Å². The minimum Gasteiger partial charge on any atom is -0.369 e. The summed E-state index contributed by atoms with van der Waals surface area (Å²) in [5, 5.41) is 16.4. The lowest BCUT2D eigenvalue weighted by molar-refractivity contribution is -0.136. The van der Waals surface area contributed by atoms with Crippen molar-refractivity contribution in [3.63, 3.8) is 0 Å². The zero-order valence-corrected chi connectivity index (χ0v) is 29.1. The van der Waals surface area contributed by atoms with Gasteiger partial charge in [0, 0.05) is 48.8 Å². The first-order chi connectivity index (χ1) is 25.3. The van der Waals surface area contributed by atoms with Crippen molar-refractivity contribution in [1.29, 1.82) is 0 Å². The van der Waals surface area contributed by atoms with E-state index in [4.69, 9.17) is 4.74 Å². The molecule has 3 amide bonds. The molecule has 1 saturated heterocycles. The number of benzene rings is 2.